The first-order valence-corrected chi connectivity index (χ1v) is 11.1. The Morgan fingerprint density at radius 1 is 0.811 bits per heavy atom. The van der Waals surface area contributed by atoms with Crippen molar-refractivity contribution in [2.45, 2.75) is 58.4 Å². The number of methoxy groups -OCH3 is 1. The second-order valence-corrected chi connectivity index (χ2v) is 7.98. The van der Waals surface area contributed by atoms with Gasteiger partial charge in [-0.3, -0.25) is 19.2 Å². The van der Waals surface area contributed by atoms with Crippen molar-refractivity contribution in [2.75, 3.05) is 13.7 Å². The van der Waals surface area contributed by atoms with Crippen LogP contribution in [0.2, 0.25) is 0 Å². The highest BCUT2D eigenvalue weighted by Crippen LogP contribution is 2.36. The minimum Gasteiger partial charge on any atom is -0.493 e. The van der Waals surface area contributed by atoms with E-state index in [-0.39, 0.29) is 17.1 Å². The van der Waals surface area contributed by atoms with Crippen LogP contribution in [0.25, 0.3) is 11.0 Å². The highest BCUT2D eigenvalue weighted by atomic mass is 16.7. The zero-order valence-corrected chi connectivity index (χ0v) is 20.7. The van der Waals surface area contributed by atoms with E-state index >= 15 is 0 Å². The van der Waals surface area contributed by atoms with Crippen LogP contribution in [-0.4, -0.2) is 68.3 Å². The number of ether oxygens (including phenoxy) is 7. The first-order chi connectivity index (χ1) is 17.5. The van der Waals surface area contributed by atoms with E-state index in [1.54, 1.807) is 6.07 Å². The van der Waals surface area contributed by atoms with Gasteiger partial charge in [-0.25, -0.2) is 4.79 Å². The van der Waals surface area contributed by atoms with Crippen molar-refractivity contribution in [1.82, 2.24) is 0 Å². The lowest BCUT2D eigenvalue weighted by Crippen LogP contribution is -2.63. The summed E-state index contributed by atoms with van der Waals surface area (Å²) in [5.41, 5.74) is -0.440. The maximum atomic E-state index is 12.0. The van der Waals surface area contributed by atoms with Crippen LogP contribution in [0.3, 0.4) is 0 Å². The van der Waals surface area contributed by atoms with Crippen LogP contribution in [-0.2, 0) is 42.9 Å². The third-order valence-electron chi connectivity index (χ3n) is 5.10. The molecule has 0 amide bonds. The Morgan fingerprint density at radius 3 is 2.03 bits per heavy atom. The van der Waals surface area contributed by atoms with E-state index in [4.69, 9.17) is 37.6 Å². The van der Waals surface area contributed by atoms with Gasteiger partial charge in [0.05, 0.1) is 7.11 Å². The molecule has 0 N–H and O–H groups in total. The highest BCUT2D eigenvalue weighted by molar-refractivity contribution is 5.80. The molecule has 5 atom stereocenters. The van der Waals surface area contributed by atoms with Crippen LogP contribution in [0.15, 0.2) is 33.5 Å². The second-order valence-electron chi connectivity index (χ2n) is 7.98. The normalized spacial score (nSPS) is 23.0. The molecule has 1 saturated heterocycles. The van der Waals surface area contributed by atoms with E-state index in [1.807, 2.05) is 0 Å². The first-order valence-electron chi connectivity index (χ1n) is 11.1. The van der Waals surface area contributed by atoms with E-state index in [1.165, 1.54) is 25.3 Å². The van der Waals surface area contributed by atoms with E-state index in [0.717, 1.165) is 27.7 Å². The number of hydrogen-bond acceptors (Lipinski definition) is 13. The summed E-state index contributed by atoms with van der Waals surface area (Å²) >= 11 is 0. The molecule has 200 valence electrons. The van der Waals surface area contributed by atoms with Gasteiger partial charge in [-0.2, -0.15) is 0 Å². The summed E-state index contributed by atoms with van der Waals surface area (Å²) in [5, 5.41) is 0.533. The van der Waals surface area contributed by atoms with Crippen LogP contribution in [0, 0.1) is 0 Å². The highest BCUT2D eigenvalue weighted by Gasteiger charge is 2.53. The summed E-state index contributed by atoms with van der Waals surface area (Å²) in [6.45, 7) is 4.08. The van der Waals surface area contributed by atoms with E-state index < -0.39 is 66.8 Å². The fourth-order valence-electron chi connectivity index (χ4n) is 3.74. The van der Waals surface area contributed by atoms with Crippen LogP contribution in [0.5, 0.6) is 11.5 Å². The molecule has 0 aliphatic carbocycles. The molecule has 0 spiro atoms. The van der Waals surface area contributed by atoms with Crippen molar-refractivity contribution in [3.05, 3.63) is 34.7 Å². The number of esters is 4. The molecular formula is C24H26O13. The van der Waals surface area contributed by atoms with Crippen LogP contribution < -0.4 is 15.1 Å². The predicted octanol–water partition coefficient (Wildman–Crippen LogP) is 1.26. The molecule has 37 heavy (non-hydrogen) atoms. The van der Waals surface area contributed by atoms with Crippen LogP contribution in [0.1, 0.15) is 27.7 Å². The lowest BCUT2D eigenvalue weighted by molar-refractivity contribution is -0.288. The van der Waals surface area contributed by atoms with Gasteiger partial charge in [0, 0.05) is 45.2 Å². The predicted molar refractivity (Wildman–Crippen MR) is 122 cm³/mol. The third-order valence-corrected chi connectivity index (χ3v) is 5.10. The summed E-state index contributed by atoms with van der Waals surface area (Å²) in [5.74, 6) is -2.75. The lowest BCUT2D eigenvalue weighted by Gasteiger charge is -2.43. The average molecular weight is 522 g/mol. The number of benzene rings is 1. The van der Waals surface area contributed by atoms with Gasteiger partial charge in [0.1, 0.15) is 18.3 Å². The summed E-state index contributed by atoms with van der Waals surface area (Å²) in [4.78, 5) is 59.0. The van der Waals surface area contributed by atoms with Gasteiger partial charge in [0.25, 0.3) is 0 Å². The average Bonchev–Trinajstić information content (AvgIpc) is 2.80. The molecule has 1 aromatic carbocycles. The van der Waals surface area contributed by atoms with Gasteiger partial charge in [-0.15, -0.1) is 0 Å². The molecule has 1 aliphatic heterocycles. The van der Waals surface area contributed by atoms with Crippen molar-refractivity contribution in [2.24, 2.45) is 0 Å². The topological polar surface area (TPSA) is 163 Å². The molecule has 1 aromatic heterocycles. The SMILES string of the molecule is COc1cc2ccc(=O)oc2cc1OC1OC(COC(C)=O)C(OC(C)=O)C(OC(C)=O)C1OC(C)=O. The Kier molecular flexibility index (Phi) is 8.71. The van der Waals surface area contributed by atoms with Gasteiger partial charge in [0.2, 0.25) is 12.4 Å². The number of carbonyl (C=O) groups is 4. The van der Waals surface area contributed by atoms with Crippen molar-refractivity contribution >= 4 is 34.8 Å². The zero-order chi connectivity index (χ0) is 27.3. The molecule has 2 aromatic rings. The number of hydrogen-bond donors (Lipinski definition) is 0. The fraction of sp³-hybridized carbons (Fsp3) is 0.458. The molecule has 0 saturated carbocycles. The molecule has 13 nitrogen and oxygen atoms in total. The van der Waals surface area contributed by atoms with Gasteiger partial charge in [-0.1, -0.05) is 0 Å². The molecule has 0 bridgehead atoms. The van der Waals surface area contributed by atoms with E-state index in [9.17, 15) is 24.0 Å². The molecule has 1 aliphatic rings. The fourth-order valence-corrected chi connectivity index (χ4v) is 3.74. The molecule has 0 radical (unpaired) electrons. The number of fused-ring (bicyclic) bond motifs is 1. The molecule has 2 heterocycles. The van der Waals surface area contributed by atoms with Crippen molar-refractivity contribution in [3.63, 3.8) is 0 Å². The summed E-state index contributed by atoms with van der Waals surface area (Å²) in [6, 6.07) is 5.67. The summed E-state index contributed by atoms with van der Waals surface area (Å²) in [7, 11) is 1.38. The van der Waals surface area contributed by atoms with Gasteiger partial charge < -0.3 is 37.6 Å². The molecule has 5 unspecified atom stereocenters. The Bertz CT molecular complexity index is 1230. The van der Waals surface area contributed by atoms with E-state index in [2.05, 4.69) is 0 Å². The van der Waals surface area contributed by atoms with E-state index in [0.29, 0.717) is 5.39 Å². The standard InChI is InChI=1S/C24H26O13/c1-11(25)31-10-19-21(32-12(2)26)22(33-13(3)27)23(34-14(4)28)24(37-19)36-18-9-16-15(8-17(18)30-5)6-7-20(29)35-16/h6-9,19,21-24H,10H2,1-5H3. The first kappa shape index (κ1) is 27.5. The quantitative estimate of drug-likeness (QED) is 0.277. The Morgan fingerprint density at radius 2 is 1.43 bits per heavy atom. The van der Waals surface area contributed by atoms with Crippen LogP contribution in [0.4, 0.5) is 0 Å². The Labute approximate surface area is 210 Å². The van der Waals surface area contributed by atoms with Gasteiger partial charge >= 0.3 is 29.5 Å². The Hall–Kier alpha value is -4.13. The smallest absolute Gasteiger partial charge is 0.336 e. The van der Waals surface area contributed by atoms with Crippen LogP contribution >= 0.6 is 0 Å². The maximum absolute atomic E-state index is 12.0. The Balaban J connectivity index is 2.08. The second kappa shape index (κ2) is 11.7. The van der Waals surface area contributed by atoms with Crippen molar-refractivity contribution in [3.8, 4) is 11.5 Å². The van der Waals surface area contributed by atoms with Gasteiger partial charge in [0.15, 0.2) is 23.7 Å². The van der Waals surface area contributed by atoms with Gasteiger partial charge in [-0.05, 0) is 12.1 Å². The zero-order valence-electron chi connectivity index (χ0n) is 20.7. The minimum atomic E-state index is -1.48. The maximum Gasteiger partial charge on any atom is 0.336 e. The number of carbonyl (C=O) groups excluding carboxylic acids is 4. The number of rotatable bonds is 8. The molecular weight excluding hydrogens is 496 g/mol. The largest absolute Gasteiger partial charge is 0.493 e. The third kappa shape index (κ3) is 6.97. The van der Waals surface area contributed by atoms with Crippen molar-refractivity contribution in [1.29, 1.82) is 0 Å². The summed E-state index contributed by atoms with van der Waals surface area (Å²) < 4.78 is 43.6. The van der Waals surface area contributed by atoms with Crippen molar-refractivity contribution < 1.29 is 56.8 Å². The summed E-state index contributed by atoms with van der Waals surface area (Å²) in [6.07, 6.45) is -6.86. The lowest BCUT2D eigenvalue weighted by atomic mass is 9.98. The monoisotopic (exact) mass is 522 g/mol. The minimum absolute atomic E-state index is 0.0187. The molecule has 13 heteroatoms. The molecule has 3 rings (SSSR count). The molecule has 1 fully saturated rings.